The van der Waals surface area contributed by atoms with E-state index in [0.29, 0.717) is 0 Å². The van der Waals surface area contributed by atoms with Gasteiger partial charge in [0.15, 0.2) is 0 Å². The SMILES string of the molecule is c1ccc2c(c1)CCN2c1[nH]cc2ccccc12. The summed E-state index contributed by atoms with van der Waals surface area (Å²) in [7, 11) is 0. The Hall–Kier alpha value is -2.22. The Kier molecular flexibility index (Phi) is 1.97. The molecular weight excluding hydrogens is 220 g/mol. The van der Waals surface area contributed by atoms with Crippen LogP contribution in [0, 0.1) is 0 Å². The lowest BCUT2D eigenvalue weighted by molar-refractivity contribution is 0.985. The van der Waals surface area contributed by atoms with Crippen LogP contribution in [0.3, 0.4) is 0 Å². The number of rotatable bonds is 1. The predicted octanol–water partition coefficient (Wildman–Crippen LogP) is 3.86. The Balaban J connectivity index is 1.90. The molecule has 0 spiro atoms. The van der Waals surface area contributed by atoms with E-state index in [9.17, 15) is 0 Å². The van der Waals surface area contributed by atoms with E-state index in [4.69, 9.17) is 0 Å². The van der Waals surface area contributed by atoms with Crippen LogP contribution < -0.4 is 4.90 Å². The minimum atomic E-state index is 1.06. The van der Waals surface area contributed by atoms with Crippen LogP contribution in [-0.2, 0) is 6.42 Å². The van der Waals surface area contributed by atoms with Crippen LogP contribution in [0.25, 0.3) is 10.8 Å². The van der Waals surface area contributed by atoms with Gasteiger partial charge in [0.1, 0.15) is 5.82 Å². The average molecular weight is 234 g/mol. The molecule has 0 radical (unpaired) electrons. The molecule has 1 N–H and O–H groups in total. The van der Waals surface area contributed by atoms with Gasteiger partial charge in [-0.3, -0.25) is 0 Å². The zero-order valence-electron chi connectivity index (χ0n) is 10.1. The van der Waals surface area contributed by atoms with Crippen LogP contribution in [0.4, 0.5) is 11.5 Å². The molecule has 1 aliphatic rings. The predicted molar refractivity (Wildman–Crippen MR) is 75.5 cm³/mol. The van der Waals surface area contributed by atoms with Crippen LogP contribution in [0.2, 0.25) is 0 Å². The first-order chi connectivity index (χ1) is 8.93. The minimum Gasteiger partial charge on any atom is -0.347 e. The van der Waals surface area contributed by atoms with E-state index in [0.717, 1.165) is 13.0 Å². The van der Waals surface area contributed by atoms with E-state index in [-0.39, 0.29) is 0 Å². The van der Waals surface area contributed by atoms with Gasteiger partial charge in [-0.1, -0.05) is 42.5 Å². The second-order valence-electron chi connectivity index (χ2n) is 4.75. The monoisotopic (exact) mass is 234 g/mol. The topological polar surface area (TPSA) is 19.0 Å². The molecule has 2 heterocycles. The second kappa shape index (κ2) is 3.64. The van der Waals surface area contributed by atoms with E-state index in [1.165, 1.54) is 27.8 Å². The van der Waals surface area contributed by atoms with Crippen molar-refractivity contribution in [2.24, 2.45) is 0 Å². The van der Waals surface area contributed by atoms with Gasteiger partial charge in [0.05, 0.1) is 0 Å². The van der Waals surface area contributed by atoms with Gasteiger partial charge in [-0.2, -0.15) is 0 Å². The number of H-pyrrole nitrogens is 1. The van der Waals surface area contributed by atoms with Crippen molar-refractivity contribution in [1.82, 2.24) is 4.98 Å². The maximum Gasteiger partial charge on any atom is 0.118 e. The van der Waals surface area contributed by atoms with Crippen molar-refractivity contribution in [2.45, 2.75) is 6.42 Å². The Bertz CT molecular complexity index is 712. The van der Waals surface area contributed by atoms with Crippen molar-refractivity contribution in [1.29, 1.82) is 0 Å². The summed E-state index contributed by atoms with van der Waals surface area (Å²) in [5.41, 5.74) is 2.78. The molecule has 2 aromatic carbocycles. The molecule has 88 valence electrons. The first-order valence-electron chi connectivity index (χ1n) is 6.35. The third-order valence-corrected chi connectivity index (χ3v) is 3.74. The van der Waals surface area contributed by atoms with Gasteiger partial charge in [-0.25, -0.2) is 0 Å². The third-order valence-electron chi connectivity index (χ3n) is 3.74. The molecule has 0 saturated heterocycles. The molecule has 2 nitrogen and oxygen atoms in total. The number of aromatic amines is 1. The molecule has 2 heteroatoms. The zero-order valence-corrected chi connectivity index (χ0v) is 10.1. The largest absolute Gasteiger partial charge is 0.347 e. The summed E-state index contributed by atoms with van der Waals surface area (Å²) in [5.74, 6) is 1.22. The summed E-state index contributed by atoms with van der Waals surface area (Å²) >= 11 is 0. The van der Waals surface area contributed by atoms with Crippen LogP contribution in [0.1, 0.15) is 5.56 Å². The molecule has 18 heavy (non-hydrogen) atoms. The summed E-state index contributed by atoms with van der Waals surface area (Å²) in [4.78, 5) is 5.81. The maximum atomic E-state index is 3.42. The first-order valence-corrected chi connectivity index (χ1v) is 6.35. The van der Waals surface area contributed by atoms with Crippen LogP contribution in [0.5, 0.6) is 0 Å². The van der Waals surface area contributed by atoms with E-state index < -0.39 is 0 Å². The number of hydrogen-bond acceptors (Lipinski definition) is 1. The number of aromatic nitrogens is 1. The Morgan fingerprint density at radius 1 is 0.944 bits per heavy atom. The number of para-hydroxylation sites is 1. The van der Waals surface area contributed by atoms with Crippen LogP contribution >= 0.6 is 0 Å². The summed E-state index contributed by atoms with van der Waals surface area (Å²) in [6.07, 6.45) is 3.22. The highest BCUT2D eigenvalue weighted by molar-refractivity contribution is 5.95. The Labute approximate surface area is 106 Å². The molecule has 1 aromatic heterocycles. The lowest BCUT2D eigenvalue weighted by Gasteiger charge is -2.18. The smallest absolute Gasteiger partial charge is 0.118 e. The number of anilines is 2. The molecule has 0 amide bonds. The van der Waals surface area contributed by atoms with Crippen molar-refractivity contribution in [3.05, 3.63) is 60.3 Å². The van der Waals surface area contributed by atoms with Gasteiger partial charge < -0.3 is 9.88 Å². The fraction of sp³-hybridized carbons (Fsp3) is 0.125. The van der Waals surface area contributed by atoms with Gasteiger partial charge in [-0.15, -0.1) is 0 Å². The lowest BCUT2D eigenvalue weighted by atomic mass is 10.2. The fourth-order valence-electron chi connectivity index (χ4n) is 2.86. The van der Waals surface area contributed by atoms with Gasteiger partial charge in [0, 0.05) is 29.2 Å². The first kappa shape index (κ1) is 9.77. The molecule has 1 aliphatic heterocycles. The van der Waals surface area contributed by atoms with Crippen LogP contribution in [-0.4, -0.2) is 11.5 Å². The van der Waals surface area contributed by atoms with Crippen molar-refractivity contribution < 1.29 is 0 Å². The van der Waals surface area contributed by atoms with Gasteiger partial charge >= 0.3 is 0 Å². The summed E-state index contributed by atoms with van der Waals surface area (Å²) in [6.45, 7) is 1.06. The Morgan fingerprint density at radius 3 is 2.78 bits per heavy atom. The molecule has 0 fully saturated rings. The van der Waals surface area contributed by atoms with Crippen LogP contribution in [0.15, 0.2) is 54.7 Å². The van der Waals surface area contributed by atoms with Gasteiger partial charge in [0.2, 0.25) is 0 Å². The van der Waals surface area contributed by atoms with Crippen molar-refractivity contribution in [3.8, 4) is 0 Å². The highest BCUT2D eigenvalue weighted by Crippen LogP contribution is 2.37. The summed E-state index contributed by atoms with van der Waals surface area (Å²) in [5, 5.41) is 2.58. The quantitative estimate of drug-likeness (QED) is 0.677. The molecule has 0 unspecified atom stereocenters. The summed E-state index contributed by atoms with van der Waals surface area (Å²) < 4.78 is 0. The molecule has 0 aliphatic carbocycles. The third kappa shape index (κ3) is 1.29. The van der Waals surface area contributed by atoms with Gasteiger partial charge in [-0.05, 0) is 18.1 Å². The van der Waals surface area contributed by atoms with E-state index in [2.05, 4.69) is 64.6 Å². The lowest BCUT2D eigenvalue weighted by Crippen LogP contribution is -2.13. The fourth-order valence-corrected chi connectivity index (χ4v) is 2.86. The standard InChI is InChI=1S/C16H14N2/c1-3-7-14-13(6-1)11-17-16(14)18-10-9-12-5-2-4-8-15(12)18/h1-8,11,17H,9-10H2. The highest BCUT2D eigenvalue weighted by Gasteiger charge is 2.21. The minimum absolute atomic E-state index is 1.06. The highest BCUT2D eigenvalue weighted by atomic mass is 15.2. The maximum absolute atomic E-state index is 3.42. The van der Waals surface area contributed by atoms with Crippen molar-refractivity contribution in [3.63, 3.8) is 0 Å². The van der Waals surface area contributed by atoms with Crippen molar-refractivity contribution in [2.75, 3.05) is 11.4 Å². The average Bonchev–Trinajstić information content (AvgIpc) is 3.01. The van der Waals surface area contributed by atoms with E-state index in [1.54, 1.807) is 0 Å². The summed E-state index contributed by atoms with van der Waals surface area (Å²) in [6, 6.07) is 17.2. The number of nitrogens with zero attached hydrogens (tertiary/aromatic N) is 1. The van der Waals surface area contributed by atoms with E-state index in [1.807, 2.05) is 0 Å². The zero-order chi connectivity index (χ0) is 11.9. The molecule has 0 atom stereocenters. The number of nitrogens with one attached hydrogen (secondary N) is 1. The molecule has 3 aromatic rings. The molecule has 0 saturated carbocycles. The van der Waals surface area contributed by atoms with Gasteiger partial charge in [0.25, 0.3) is 0 Å². The second-order valence-corrected chi connectivity index (χ2v) is 4.75. The normalized spacial score (nSPS) is 14.1. The Morgan fingerprint density at radius 2 is 1.78 bits per heavy atom. The van der Waals surface area contributed by atoms with Crippen molar-refractivity contribution >= 4 is 22.3 Å². The number of benzene rings is 2. The molecule has 0 bridgehead atoms. The molecular formula is C16H14N2. The number of fused-ring (bicyclic) bond motifs is 2. The molecule has 4 rings (SSSR count). The number of hydrogen-bond donors (Lipinski definition) is 1. The van der Waals surface area contributed by atoms with E-state index >= 15 is 0 Å².